The van der Waals surface area contributed by atoms with Crippen LogP contribution >= 0.6 is 0 Å². The van der Waals surface area contributed by atoms with Gasteiger partial charge in [-0.3, -0.25) is 4.79 Å². The number of esters is 1. The fourth-order valence-corrected chi connectivity index (χ4v) is 3.54. The zero-order valence-electron chi connectivity index (χ0n) is 18.0. The minimum atomic E-state index is -5.39. The molecule has 6 nitrogen and oxygen atoms in total. The second-order valence-corrected chi connectivity index (χ2v) is 7.86. The number of fused-ring (bicyclic) bond motifs is 1. The summed E-state index contributed by atoms with van der Waals surface area (Å²) in [5.74, 6) is -11.0. The van der Waals surface area contributed by atoms with Crippen LogP contribution in [0.3, 0.4) is 0 Å². The maximum absolute atomic E-state index is 14.7. The predicted molar refractivity (Wildman–Crippen MR) is 110 cm³/mol. The van der Waals surface area contributed by atoms with Crippen molar-refractivity contribution in [2.45, 2.75) is 24.6 Å². The Hall–Kier alpha value is -3.90. The Morgan fingerprint density at radius 1 is 1.06 bits per heavy atom. The summed E-state index contributed by atoms with van der Waals surface area (Å²) in [6, 6.07) is 8.94. The monoisotopic (exact) mass is 516 g/mol. The lowest BCUT2D eigenvalue weighted by molar-refractivity contribution is -0.190. The average Bonchev–Trinajstić information content (AvgIpc) is 2.81. The van der Waals surface area contributed by atoms with Gasteiger partial charge in [-0.2, -0.15) is 13.2 Å². The lowest BCUT2D eigenvalue weighted by Crippen LogP contribution is -2.55. The van der Waals surface area contributed by atoms with Crippen molar-refractivity contribution < 1.29 is 49.8 Å². The fraction of sp³-hybridized carbons (Fsp3) is 0.261. The number of para-hydroxylation sites is 1. The van der Waals surface area contributed by atoms with Crippen molar-refractivity contribution in [1.29, 1.82) is 0 Å². The summed E-state index contributed by atoms with van der Waals surface area (Å²) in [6.45, 7) is -1.38. The highest BCUT2D eigenvalue weighted by atomic mass is 19.4. The van der Waals surface area contributed by atoms with Gasteiger partial charge in [-0.25, -0.2) is 27.3 Å². The van der Waals surface area contributed by atoms with Crippen LogP contribution in [0.5, 0.6) is 11.6 Å². The molecule has 3 aromatic rings. The highest BCUT2D eigenvalue weighted by Crippen LogP contribution is 2.37. The normalized spacial score (nSPS) is 17.6. The van der Waals surface area contributed by atoms with Crippen LogP contribution in [0.15, 0.2) is 48.5 Å². The summed E-state index contributed by atoms with van der Waals surface area (Å²) in [7, 11) is 0. The Balaban J connectivity index is 1.66. The van der Waals surface area contributed by atoms with Gasteiger partial charge in [0.25, 0.3) is 17.7 Å². The van der Waals surface area contributed by atoms with Crippen LogP contribution in [0, 0.1) is 11.6 Å². The number of amides is 1. The average molecular weight is 516 g/mol. The number of carbonyl (C=O) groups is 2. The largest absolute Gasteiger partial charge is 0.491 e. The molecule has 0 N–H and O–H groups in total. The van der Waals surface area contributed by atoms with Gasteiger partial charge in [0.2, 0.25) is 0 Å². The molecule has 1 atom stereocenters. The molecule has 36 heavy (non-hydrogen) atoms. The number of nitrogens with zero attached hydrogens (tertiary/aromatic N) is 2. The van der Waals surface area contributed by atoms with Crippen LogP contribution in [0.2, 0.25) is 0 Å². The van der Waals surface area contributed by atoms with E-state index in [1.807, 2.05) is 0 Å². The van der Waals surface area contributed by atoms with Gasteiger partial charge in [0.1, 0.15) is 11.6 Å². The molecule has 0 aliphatic carbocycles. The number of alkyl halides is 5. The summed E-state index contributed by atoms with van der Waals surface area (Å²) >= 11 is 0. The van der Waals surface area contributed by atoms with Crippen molar-refractivity contribution in [2.24, 2.45) is 0 Å². The molecule has 0 radical (unpaired) electrons. The SMILES string of the molecule is O=C(c1cc(F)ccc1F)N1CCC(F)(F)C(Oc2nc3ccccc3cc2OC(=O)C(F)(F)F)C1. The van der Waals surface area contributed by atoms with Crippen LogP contribution < -0.4 is 9.47 Å². The molecule has 1 fully saturated rings. The number of hydrogen-bond donors (Lipinski definition) is 0. The molecule has 1 saturated heterocycles. The fourth-order valence-electron chi connectivity index (χ4n) is 3.54. The van der Waals surface area contributed by atoms with E-state index in [0.29, 0.717) is 12.1 Å². The highest BCUT2D eigenvalue weighted by molar-refractivity contribution is 5.94. The van der Waals surface area contributed by atoms with E-state index in [1.165, 1.54) is 24.3 Å². The molecule has 1 aliphatic rings. The van der Waals surface area contributed by atoms with Gasteiger partial charge < -0.3 is 14.4 Å². The van der Waals surface area contributed by atoms with E-state index < -0.39 is 78.4 Å². The second-order valence-electron chi connectivity index (χ2n) is 7.86. The Labute approximate surface area is 198 Å². The standard InChI is InChI=1S/C23H15F7N2O4/c24-13-5-6-15(25)14(10-13)20(33)32-8-7-22(26,27)18(11-32)36-19-17(35-21(34)23(28,29)30)9-12-3-1-2-4-16(12)31-19/h1-6,9-10,18H,7-8,11H2. The smallest absolute Gasteiger partial charge is 0.463 e. The van der Waals surface area contributed by atoms with Crippen molar-refractivity contribution in [3.05, 3.63) is 65.7 Å². The maximum Gasteiger partial charge on any atom is 0.491 e. The molecule has 1 aromatic heterocycles. The van der Waals surface area contributed by atoms with E-state index in [4.69, 9.17) is 4.74 Å². The third kappa shape index (κ3) is 5.19. The Morgan fingerprint density at radius 3 is 2.50 bits per heavy atom. The zero-order valence-corrected chi connectivity index (χ0v) is 18.0. The summed E-state index contributed by atoms with van der Waals surface area (Å²) < 4.78 is 105. The number of halogens is 7. The first-order valence-electron chi connectivity index (χ1n) is 10.3. The van der Waals surface area contributed by atoms with Crippen LogP contribution in [-0.4, -0.2) is 53.1 Å². The summed E-state index contributed by atoms with van der Waals surface area (Å²) in [5.41, 5.74) is -0.559. The molecule has 1 unspecified atom stereocenters. The first kappa shape index (κ1) is 25.2. The molecule has 2 heterocycles. The van der Waals surface area contributed by atoms with Crippen molar-refractivity contribution in [1.82, 2.24) is 9.88 Å². The van der Waals surface area contributed by atoms with E-state index in [-0.39, 0.29) is 10.9 Å². The Morgan fingerprint density at radius 2 is 1.78 bits per heavy atom. The molecule has 1 amide bonds. The number of piperidine rings is 1. The van der Waals surface area contributed by atoms with Crippen LogP contribution in [0.1, 0.15) is 16.8 Å². The first-order valence-corrected chi connectivity index (χ1v) is 10.3. The topological polar surface area (TPSA) is 68.7 Å². The van der Waals surface area contributed by atoms with Gasteiger partial charge >= 0.3 is 12.1 Å². The van der Waals surface area contributed by atoms with Crippen molar-refractivity contribution in [3.63, 3.8) is 0 Å². The van der Waals surface area contributed by atoms with Crippen LogP contribution in [-0.2, 0) is 4.79 Å². The van der Waals surface area contributed by atoms with Gasteiger partial charge in [-0.05, 0) is 30.3 Å². The number of likely N-dealkylation sites (tertiary alicyclic amines) is 1. The molecule has 190 valence electrons. The Bertz CT molecular complexity index is 1330. The van der Waals surface area contributed by atoms with Crippen molar-refractivity contribution >= 4 is 22.8 Å². The molecular formula is C23H15F7N2O4. The van der Waals surface area contributed by atoms with Crippen LogP contribution in [0.25, 0.3) is 10.9 Å². The van der Waals surface area contributed by atoms with Gasteiger partial charge in [0, 0.05) is 18.4 Å². The van der Waals surface area contributed by atoms with Gasteiger partial charge in [-0.1, -0.05) is 18.2 Å². The zero-order chi connectivity index (χ0) is 26.3. The molecular weight excluding hydrogens is 501 g/mol. The van der Waals surface area contributed by atoms with Gasteiger partial charge in [-0.15, -0.1) is 0 Å². The molecule has 4 rings (SSSR count). The quantitative estimate of drug-likeness (QED) is 0.364. The number of benzene rings is 2. The number of aromatic nitrogens is 1. The molecule has 2 aromatic carbocycles. The molecule has 1 aliphatic heterocycles. The third-order valence-corrected chi connectivity index (χ3v) is 5.36. The second kappa shape index (κ2) is 9.28. The predicted octanol–water partition coefficient (Wildman–Crippen LogP) is 4.91. The minimum absolute atomic E-state index is 0.133. The minimum Gasteiger partial charge on any atom is -0.463 e. The van der Waals surface area contributed by atoms with E-state index in [1.54, 1.807) is 0 Å². The lowest BCUT2D eigenvalue weighted by Gasteiger charge is -2.38. The van der Waals surface area contributed by atoms with Gasteiger partial charge in [0.05, 0.1) is 17.6 Å². The van der Waals surface area contributed by atoms with E-state index in [9.17, 15) is 40.3 Å². The number of hydrogen-bond acceptors (Lipinski definition) is 5. The molecule has 0 spiro atoms. The van der Waals surface area contributed by atoms with E-state index >= 15 is 0 Å². The Kier molecular flexibility index (Phi) is 6.50. The number of ether oxygens (including phenoxy) is 2. The van der Waals surface area contributed by atoms with Crippen LogP contribution in [0.4, 0.5) is 30.7 Å². The third-order valence-electron chi connectivity index (χ3n) is 5.36. The van der Waals surface area contributed by atoms with Crippen molar-refractivity contribution in [3.8, 4) is 11.6 Å². The molecule has 13 heteroatoms. The van der Waals surface area contributed by atoms with Crippen molar-refractivity contribution in [2.75, 3.05) is 13.1 Å². The van der Waals surface area contributed by atoms with Gasteiger partial charge in [0.15, 0.2) is 11.9 Å². The van der Waals surface area contributed by atoms with E-state index in [0.717, 1.165) is 17.0 Å². The number of carbonyl (C=O) groups excluding carboxylic acids is 2. The lowest BCUT2D eigenvalue weighted by atomic mass is 10.0. The number of pyridine rings is 1. The molecule has 0 saturated carbocycles. The number of rotatable bonds is 4. The molecule has 0 bridgehead atoms. The highest BCUT2D eigenvalue weighted by Gasteiger charge is 2.48. The van der Waals surface area contributed by atoms with E-state index in [2.05, 4.69) is 9.72 Å². The first-order chi connectivity index (χ1) is 16.8. The summed E-state index contributed by atoms with van der Waals surface area (Å²) in [6.07, 6.45) is -8.51. The maximum atomic E-state index is 14.7. The summed E-state index contributed by atoms with van der Waals surface area (Å²) in [5, 5.41) is 0.226. The summed E-state index contributed by atoms with van der Waals surface area (Å²) in [4.78, 5) is 28.8.